The van der Waals surface area contributed by atoms with E-state index in [1.165, 1.54) is 12.3 Å². The Labute approximate surface area is 149 Å². The number of hydrogen-bond donors (Lipinski definition) is 0. The van der Waals surface area contributed by atoms with Gasteiger partial charge in [0.1, 0.15) is 28.5 Å². The summed E-state index contributed by atoms with van der Waals surface area (Å²) in [7, 11) is 0. The topological polar surface area (TPSA) is 42.4 Å². The van der Waals surface area contributed by atoms with Gasteiger partial charge in [-0.2, -0.15) is 0 Å². The fraction of sp³-hybridized carbons (Fsp3) is 0.333. The number of amides is 1. The molecule has 25 heavy (non-hydrogen) atoms. The zero-order valence-corrected chi connectivity index (χ0v) is 14.2. The minimum absolute atomic E-state index is 0.102. The van der Waals surface area contributed by atoms with E-state index in [4.69, 9.17) is 16.3 Å². The molecule has 1 aliphatic heterocycles. The molecule has 1 aromatic heterocycles. The SMILES string of the molecule is O=C(Cc1ccc(F)cc1F)N1CCCC(Oc2ccncc2Cl)C1. The smallest absolute Gasteiger partial charge is 0.227 e. The molecule has 0 spiro atoms. The molecular formula is C18H17ClF2N2O2. The van der Waals surface area contributed by atoms with Gasteiger partial charge in [0.15, 0.2) is 0 Å². The molecule has 1 aromatic carbocycles. The van der Waals surface area contributed by atoms with Gasteiger partial charge >= 0.3 is 0 Å². The second-order valence-electron chi connectivity index (χ2n) is 5.94. The highest BCUT2D eigenvalue weighted by Crippen LogP contribution is 2.26. The van der Waals surface area contributed by atoms with Crippen molar-refractivity contribution in [2.45, 2.75) is 25.4 Å². The highest BCUT2D eigenvalue weighted by molar-refractivity contribution is 6.31. The zero-order valence-electron chi connectivity index (χ0n) is 13.4. The van der Waals surface area contributed by atoms with Gasteiger partial charge in [-0.3, -0.25) is 9.78 Å². The maximum atomic E-state index is 13.7. The summed E-state index contributed by atoms with van der Waals surface area (Å²) in [6.45, 7) is 0.992. The lowest BCUT2D eigenvalue weighted by Gasteiger charge is -2.33. The largest absolute Gasteiger partial charge is 0.487 e. The van der Waals surface area contributed by atoms with Crippen LogP contribution in [0, 0.1) is 11.6 Å². The maximum Gasteiger partial charge on any atom is 0.227 e. The number of carbonyl (C=O) groups excluding carboxylic acids is 1. The summed E-state index contributed by atoms with van der Waals surface area (Å²) in [6, 6.07) is 4.92. The number of halogens is 3. The lowest BCUT2D eigenvalue weighted by Crippen LogP contribution is -2.45. The van der Waals surface area contributed by atoms with E-state index in [1.54, 1.807) is 17.2 Å². The van der Waals surface area contributed by atoms with Crippen LogP contribution in [0.15, 0.2) is 36.7 Å². The summed E-state index contributed by atoms with van der Waals surface area (Å²) < 4.78 is 32.6. The molecule has 7 heteroatoms. The Morgan fingerprint density at radius 3 is 2.96 bits per heavy atom. The minimum atomic E-state index is -0.707. The minimum Gasteiger partial charge on any atom is -0.487 e. The highest BCUT2D eigenvalue weighted by Gasteiger charge is 2.26. The van der Waals surface area contributed by atoms with Gasteiger partial charge in [-0.25, -0.2) is 8.78 Å². The fourth-order valence-corrected chi connectivity index (χ4v) is 3.00. The predicted octanol–water partition coefficient (Wildman–Crippen LogP) is 3.63. The molecule has 0 bridgehead atoms. The van der Waals surface area contributed by atoms with E-state index < -0.39 is 11.6 Å². The lowest BCUT2D eigenvalue weighted by atomic mass is 10.1. The van der Waals surface area contributed by atoms with Crippen LogP contribution in [-0.4, -0.2) is 35.0 Å². The van der Waals surface area contributed by atoms with Gasteiger partial charge in [0.05, 0.1) is 13.0 Å². The molecule has 3 rings (SSSR count). The standard InChI is InChI=1S/C18H17ClF2N2O2/c19-15-10-22-6-5-17(15)25-14-2-1-7-23(11-14)18(24)8-12-3-4-13(20)9-16(12)21/h3-6,9-10,14H,1-2,7-8,11H2. The van der Waals surface area contributed by atoms with Crippen molar-refractivity contribution in [3.63, 3.8) is 0 Å². The van der Waals surface area contributed by atoms with Crippen molar-refractivity contribution in [3.8, 4) is 5.75 Å². The number of pyridine rings is 1. The van der Waals surface area contributed by atoms with Gasteiger partial charge < -0.3 is 9.64 Å². The molecule has 1 fully saturated rings. The van der Waals surface area contributed by atoms with Crippen LogP contribution in [-0.2, 0) is 11.2 Å². The molecule has 1 atom stereocenters. The fourth-order valence-electron chi connectivity index (χ4n) is 2.84. The van der Waals surface area contributed by atoms with Gasteiger partial charge in [-0.15, -0.1) is 0 Å². The van der Waals surface area contributed by atoms with Crippen molar-refractivity contribution >= 4 is 17.5 Å². The second kappa shape index (κ2) is 7.78. The molecule has 2 aromatic rings. The number of likely N-dealkylation sites (tertiary alicyclic amines) is 1. The molecule has 1 aliphatic rings. The number of aromatic nitrogens is 1. The average Bonchev–Trinajstić information content (AvgIpc) is 2.60. The zero-order chi connectivity index (χ0) is 17.8. The van der Waals surface area contributed by atoms with Crippen molar-refractivity contribution in [1.29, 1.82) is 0 Å². The molecule has 1 unspecified atom stereocenters. The summed E-state index contributed by atoms with van der Waals surface area (Å²) in [5.74, 6) is -1.05. The molecule has 4 nitrogen and oxygen atoms in total. The monoisotopic (exact) mass is 366 g/mol. The number of nitrogens with zero attached hydrogens (tertiary/aromatic N) is 2. The van der Waals surface area contributed by atoms with Crippen LogP contribution in [0.25, 0.3) is 0 Å². The van der Waals surface area contributed by atoms with Crippen LogP contribution < -0.4 is 4.74 Å². The highest BCUT2D eigenvalue weighted by atomic mass is 35.5. The summed E-state index contributed by atoms with van der Waals surface area (Å²) in [6.07, 6.45) is 4.38. The molecule has 0 saturated carbocycles. The molecule has 1 amide bonds. The number of benzene rings is 1. The van der Waals surface area contributed by atoms with Gasteiger partial charge in [0.2, 0.25) is 5.91 Å². The Bertz CT molecular complexity index is 772. The first-order valence-corrected chi connectivity index (χ1v) is 8.38. The molecule has 0 N–H and O–H groups in total. The Morgan fingerprint density at radius 1 is 1.36 bits per heavy atom. The number of hydrogen-bond acceptors (Lipinski definition) is 3. The molecule has 132 valence electrons. The van der Waals surface area contributed by atoms with Gasteiger partial charge in [0, 0.05) is 31.1 Å². The van der Waals surface area contributed by atoms with Crippen LogP contribution in [0.2, 0.25) is 5.02 Å². The first-order chi connectivity index (χ1) is 12.0. The van der Waals surface area contributed by atoms with Crippen molar-refractivity contribution in [1.82, 2.24) is 9.88 Å². The quantitative estimate of drug-likeness (QED) is 0.830. The normalized spacial score (nSPS) is 17.4. The molecule has 0 aliphatic carbocycles. The first kappa shape index (κ1) is 17.6. The van der Waals surface area contributed by atoms with Crippen LogP contribution in [0.3, 0.4) is 0 Å². The van der Waals surface area contributed by atoms with Crippen LogP contribution in [0.1, 0.15) is 18.4 Å². The number of ether oxygens (including phenoxy) is 1. The van der Waals surface area contributed by atoms with Crippen molar-refractivity contribution in [2.75, 3.05) is 13.1 Å². The van der Waals surface area contributed by atoms with E-state index in [9.17, 15) is 13.6 Å². The maximum absolute atomic E-state index is 13.7. The van der Waals surface area contributed by atoms with E-state index in [0.29, 0.717) is 23.9 Å². The summed E-state index contributed by atoms with van der Waals surface area (Å²) in [4.78, 5) is 18.0. The molecular weight excluding hydrogens is 350 g/mol. The number of piperidine rings is 1. The third-order valence-corrected chi connectivity index (χ3v) is 4.40. The van der Waals surface area contributed by atoms with E-state index in [1.807, 2.05) is 0 Å². The van der Waals surface area contributed by atoms with E-state index >= 15 is 0 Å². The summed E-state index contributed by atoms with van der Waals surface area (Å²) in [5.41, 5.74) is 0.187. The Kier molecular flexibility index (Phi) is 5.48. The van der Waals surface area contributed by atoms with Crippen LogP contribution >= 0.6 is 11.6 Å². The van der Waals surface area contributed by atoms with E-state index in [0.717, 1.165) is 25.0 Å². The third kappa shape index (κ3) is 4.45. The average molecular weight is 367 g/mol. The predicted molar refractivity (Wildman–Crippen MR) is 89.5 cm³/mol. The Morgan fingerprint density at radius 2 is 2.20 bits per heavy atom. The first-order valence-electron chi connectivity index (χ1n) is 8.01. The van der Waals surface area contributed by atoms with Crippen LogP contribution in [0.4, 0.5) is 8.78 Å². The van der Waals surface area contributed by atoms with Crippen molar-refractivity contribution in [2.24, 2.45) is 0 Å². The molecule has 1 saturated heterocycles. The van der Waals surface area contributed by atoms with Gasteiger partial charge in [0.25, 0.3) is 0 Å². The van der Waals surface area contributed by atoms with Crippen molar-refractivity contribution in [3.05, 3.63) is 58.9 Å². The lowest BCUT2D eigenvalue weighted by molar-refractivity contribution is -0.133. The van der Waals surface area contributed by atoms with Gasteiger partial charge in [-0.1, -0.05) is 17.7 Å². The summed E-state index contributed by atoms with van der Waals surface area (Å²) in [5, 5.41) is 0.416. The van der Waals surface area contributed by atoms with E-state index in [-0.39, 0.29) is 24.0 Å². The number of carbonyl (C=O) groups is 1. The second-order valence-corrected chi connectivity index (χ2v) is 6.35. The number of rotatable bonds is 4. The van der Waals surface area contributed by atoms with E-state index in [2.05, 4.69) is 4.98 Å². The Hall–Kier alpha value is -2.21. The Balaban J connectivity index is 1.62. The molecule has 2 heterocycles. The van der Waals surface area contributed by atoms with Crippen molar-refractivity contribution < 1.29 is 18.3 Å². The van der Waals surface area contributed by atoms with Gasteiger partial charge in [-0.05, 0) is 24.5 Å². The summed E-state index contributed by atoms with van der Waals surface area (Å²) >= 11 is 6.04. The van der Waals surface area contributed by atoms with Crippen LogP contribution in [0.5, 0.6) is 5.75 Å². The third-order valence-electron chi connectivity index (χ3n) is 4.12. The molecule has 0 radical (unpaired) electrons.